The highest BCUT2D eigenvalue weighted by Gasteiger charge is 2.26. The number of aromatic nitrogens is 1. The van der Waals surface area contributed by atoms with Gasteiger partial charge in [0.1, 0.15) is 94.2 Å². The summed E-state index contributed by atoms with van der Waals surface area (Å²) >= 11 is 3.20. The van der Waals surface area contributed by atoms with Crippen molar-refractivity contribution in [3.63, 3.8) is 0 Å². The van der Waals surface area contributed by atoms with E-state index < -0.39 is 4.92 Å². The fraction of sp³-hybridized carbons (Fsp3) is 0. The van der Waals surface area contributed by atoms with E-state index in [2.05, 4.69) is 15.9 Å². The minimum absolute atomic E-state index is 0.00241. The van der Waals surface area contributed by atoms with Gasteiger partial charge in [-0.25, -0.2) is 0 Å². The fourth-order valence-corrected chi connectivity index (χ4v) is 5.51. The Morgan fingerprint density at radius 3 is 1.49 bits per heavy atom. The molecule has 0 atom stereocenters. The zero-order chi connectivity index (χ0) is 30.4. The van der Waals surface area contributed by atoms with Crippen LogP contribution in [-0.2, 0) is 0 Å². The van der Waals surface area contributed by atoms with Crippen LogP contribution in [0.3, 0.4) is 0 Å². The molecule has 1 aromatic heterocycles. The Morgan fingerprint density at radius 1 is 0.561 bits per heavy atom. The lowest BCUT2D eigenvalue weighted by molar-refractivity contribution is -0.385. The van der Waals surface area contributed by atoms with Gasteiger partial charge in [-0.1, -0.05) is 38.2 Å². The van der Waals surface area contributed by atoms with Crippen LogP contribution in [0.1, 0.15) is 0 Å². The van der Waals surface area contributed by atoms with Crippen LogP contribution < -0.4 is 65.6 Å². The standard InChI is InChI=1S/C24H3B12BrN2O2/c25-11-8(7-12(26)17(31)20(34)18(32)13(7)27)16(30)23-9(14(11)28)10-15(29)19(33)21(35)22(36)24(10)38(23)4-1-2-5(37)6(3-4)39(40)41/h1-3H. The van der Waals surface area contributed by atoms with E-state index in [4.69, 9.17) is 94.2 Å². The summed E-state index contributed by atoms with van der Waals surface area (Å²) < 4.78 is 1.76. The summed E-state index contributed by atoms with van der Waals surface area (Å²) in [5.41, 5.74) is 0.469. The average molecular weight is 561 g/mol. The Kier molecular flexibility index (Phi) is 7.46. The smallest absolute Gasteiger partial charge is 0.285 e. The number of rotatable bonds is 3. The van der Waals surface area contributed by atoms with Crippen molar-refractivity contribution in [2.45, 2.75) is 0 Å². The summed E-state index contributed by atoms with van der Waals surface area (Å²) in [5.74, 6) is 0. The lowest BCUT2D eigenvalue weighted by Crippen LogP contribution is -2.56. The van der Waals surface area contributed by atoms with Crippen molar-refractivity contribution in [2.75, 3.05) is 0 Å². The van der Waals surface area contributed by atoms with Crippen LogP contribution in [0.4, 0.5) is 5.69 Å². The molecule has 0 unspecified atom stereocenters. The Labute approximate surface area is 261 Å². The van der Waals surface area contributed by atoms with Gasteiger partial charge in [-0.05, 0) is 50.0 Å². The molecule has 0 aliphatic heterocycles. The van der Waals surface area contributed by atoms with Crippen molar-refractivity contribution < 1.29 is 4.92 Å². The third kappa shape index (κ3) is 4.12. The summed E-state index contributed by atoms with van der Waals surface area (Å²) in [7, 11) is 76.3. The van der Waals surface area contributed by atoms with E-state index in [1.54, 1.807) is 6.07 Å². The van der Waals surface area contributed by atoms with E-state index in [0.29, 0.717) is 0 Å². The van der Waals surface area contributed by atoms with E-state index in [0.717, 1.165) is 0 Å². The molecule has 0 saturated carbocycles. The summed E-state index contributed by atoms with van der Waals surface area (Å²) in [4.78, 5) is 11.3. The van der Waals surface area contributed by atoms with Gasteiger partial charge in [-0.3, -0.25) is 10.1 Å². The Bertz CT molecular complexity index is 2000. The molecule has 0 spiro atoms. The Balaban J connectivity index is 2.13. The first-order valence-electron chi connectivity index (χ1n) is 11.7. The van der Waals surface area contributed by atoms with Crippen LogP contribution in [0.5, 0.6) is 0 Å². The zero-order valence-corrected chi connectivity index (χ0v) is 22.8. The van der Waals surface area contributed by atoms with Gasteiger partial charge in [-0.15, -0.1) is 27.3 Å². The molecule has 164 valence electrons. The minimum atomic E-state index is -0.562. The molecule has 0 N–H and O–H groups in total. The number of hydrogen-bond acceptors (Lipinski definition) is 2. The van der Waals surface area contributed by atoms with Gasteiger partial charge in [0.15, 0.2) is 0 Å². The predicted molar refractivity (Wildman–Crippen MR) is 185 cm³/mol. The van der Waals surface area contributed by atoms with E-state index in [1.165, 1.54) is 16.7 Å². The Morgan fingerprint density at radius 2 is 0.951 bits per heavy atom. The van der Waals surface area contributed by atoms with Gasteiger partial charge in [0.05, 0.1) is 15.1 Å². The SMILES string of the molecule is [B]c1c([B])c([B])c(-c2c([B])c([B])c3c4c([B])c([B])c([B])c([B])c4n(-c4ccc(Br)c([N+](=O)[O-])c4)c3c2[B])c([B])c1[B]. The van der Waals surface area contributed by atoms with Gasteiger partial charge in [0.25, 0.3) is 5.69 Å². The van der Waals surface area contributed by atoms with Crippen molar-refractivity contribution in [2.24, 2.45) is 0 Å². The van der Waals surface area contributed by atoms with Gasteiger partial charge in [0, 0.05) is 17.1 Å². The molecule has 5 rings (SSSR count). The van der Waals surface area contributed by atoms with E-state index in [-0.39, 0.29) is 114 Å². The van der Waals surface area contributed by atoms with Crippen molar-refractivity contribution in [3.05, 3.63) is 32.8 Å². The van der Waals surface area contributed by atoms with Crippen LogP contribution in [-0.4, -0.2) is 104 Å². The molecule has 17 heteroatoms. The summed E-state index contributed by atoms with van der Waals surface area (Å²) in [6, 6.07) is 4.38. The molecule has 0 saturated heterocycles. The maximum absolute atomic E-state index is 11.8. The molecule has 0 fully saturated rings. The van der Waals surface area contributed by atoms with Crippen LogP contribution in [0.2, 0.25) is 0 Å². The number of nitro benzene ring substituents is 1. The summed E-state index contributed by atoms with van der Waals surface area (Å²) in [6.45, 7) is 0. The molecule has 5 aromatic rings. The van der Waals surface area contributed by atoms with Crippen molar-refractivity contribution in [3.8, 4) is 16.8 Å². The van der Waals surface area contributed by atoms with Gasteiger partial charge >= 0.3 is 0 Å². The number of fused-ring (bicyclic) bond motifs is 3. The fourth-order valence-electron chi connectivity index (χ4n) is 5.12. The van der Waals surface area contributed by atoms with Crippen LogP contribution in [0, 0.1) is 10.1 Å². The van der Waals surface area contributed by atoms with E-state index >= 15 is 0 Å². The van der Waals surface area contributed by atoms with Crippen molar-refractivity contribution in [1.29, 1.82) is 0 Å². The molecule has 0 amide bonds. The highest BCUT2D eigenvalue weighted by molar-refractivity contribution is 9.10. The monoisotopic (exact) mass is 562 g/mol. The van der Waals surface area contributed by atoms with E-state index in [9.17, 15) is 10.1 Å². The molecule has 0 aliphatic rings. The lowest BCUT2D eigenvalue weighted by atomic mass is 9.57. The highest BCUT2D eigenvalue weighted by Crippen LogP contribution is 2.33. The first-order chi connectivity index (χ1) is 19.1. The molecular formula is C24H3B12BrN2O2. The number of benzene rings is 4. The van der Waals surface area contributed by atoms with Crippen LogP contribution in [0.25, 0.3) is 38.6 Å². The van der Waals surface area contributed by atoms with Crippen LogP contribution in [0.15, 0.2) is 22.7 Å². The second-order valence-corrected chi connectivity index (χ2v) is 10.2. The molecule has 24 radical (unpaired) electrons. The first kappa shape index (κ1) is 29.8. The second-order valence-electron chi connectivity index (χ2n) is 9.39. The molecule has 41 heavy (non-hydrogen) atoms. The van der Waals surface area contributed by atoms with Gasteiger partial charge in [-0.2, -0.15) is 0 Å². The highest BCUT2D eigenvalue weighted by atomic mass is 79.9. The molecule has 1 heterocycles. The number of hydrogen-bond donors (Lipinski definition) is 0. The van der Waals surface area contributed by atoms with E-state index in [1.807, 2.05) is 0 Å². The molecule has 0 bridgehead atoms. The predicted octanol–water partition coefficient (Wildman–Crippen LogP) is -7.35. The maximum atomic E-state index is 11.8. The second kappa shape index (κ2) is 10.3. The quantitative estimate of drug-likeness (QED) is 0.125. The number of halogens is 1. The lowest BCUT2D eigenvalue weighted by Gasteiger charge is -2.26. The number of nitrogens with zero attached hydrogens (tertiary/aromatic N) is 2. The third-order valence-electron chi connectivity index (χ3n) is 7.25. The number of nitro groups is 1. The Hall–Kier alpha value is -2.66. The average Bonchev–Trinajstić information content (AvgIpc) is 3.30. The molecule has 4 nitrogen and oxygen atoms in total. The zero-order valence-electron chi connectivity index (χ0n) is 21.2. The van der Waals surface area contributed by atoms with Gasteiger partial charge < -0.3 is 4.57 Å². The first-order valence-corrected chi connectivity index (χ1v) is 12.4. The molecule has 4 aromatic carbocycles. The normalized spacial score (nSPS) is 11.4. The van der Waals surface area contributed by atoms with Crippen LogP contribution >= 0.6 is 15.9 Å². The molecular weight excluding hydrogens is 558 g/mol. The largest absolute Gasteiger partial charge is 0.310 e. The topological polar surface area (TPSA) is 48.1 Å². The van der Waals surface area contributed by atoms with Gasteiger partial charge in [0.2, 0.25) is 0 Å². The third-order valence-corrected chi connectivity index (χ3v) is 7.92. The summed E-state index contributed by atoms with van der Waals surface area (Å²) in [6.07, 6.45) is 0. The minimum Gasteiger partial charge on any atom is -0.310 e. The van der Waals surface area contributed by atoms with Crippen molar-refractivity contribution in [1.82, 2.24) is 4.57 Å². The molecule has 0 aliphatic carbocycles. The summed E-state index contributed by atoms with van der Waals surface area (Å²) in [5, 5.41) is 12.4. The van der Waals surface area contributed by atoms with Crippen molar-refractivity contribution >= 4 is 203 Å². The maximum Gasteiger partial charge on any atom is 0.285 e.